The van der Waals surface area contributed by atoms with E-state index < -0.39 is 5.97 Å². The Labute approximate surface area is 76.0 Å². The van der Waals surface area contributed by atoms with Crippen molar-refractivity contribution in [3.8, 4) is 11.8 Å². The summed E-state index contributed by atoms with van der Waals surface area (Å²) in [6, 6.07) is 0. The van der Waals surface area contributed by atoms with E-state index in [2.05, 4.69) is 26.5 Å². The monoisotopic (exact) mass is 176 g/mol. The third kappa shape index (κ3) is 3.34. The predicted molar refractivity (Wildman–Crippen MR) is 45.5 cm³/mol. The maximum atomic E-state index is 10.8. The lowest BCUT2D eigenvalue weighted by Crippen LogP contribution is -1.99. The molecule has 0 saturated carbocycles. The number of carbonyl (C=O) groups excluding carboxylic acids is 1. The molecule has 4 nitrogen and oxygen atoms in total. The second-order valence-corrected chi connectivity index (χ2v) is 2.10. The van der Waals surface area contributed by atoms with Crippen molar-refractivity contribution in [2.45, 2.75) is 6.92 Å². The Bertz CT molecular complexity index is 338. The van der Waals surface area contributed by atoms with E-state index in [0.29, 0.717) is 12.2 Å². The van der Waals surface area contributed by atoms with Crippen LogP contribution in [0.15, 0.2) is 18.7 Å². The largest absolute Gasteiger partial charge is 0.456 e. The Morgan fingerprint density at radius 2 is 2.23 bits per heavy atom. The summed E-state index contributed by atoms with van der Waals surface area (Å²) >= 11 is 0. The van der Waals surface area contributed by atoms with Crippen molar-refractivity contribution in [1.82, 2.24) is 9.97 Å². The zero-order chi connectivity index (χ0) is 9.52. The molecule has 0 bridgehead atoms. The standard InChI is InChI=1S/C9H8N2O2/c1-2-13-9(12)4-3-8-5-10-7-11-6-8/h5-7H,2H2,1H3. The van der Waals surface area contributed by atoms with Crippen molar-refractivity contribution >= 4 is 5.97 Å². The van der Waals surface area contributed by atoms with Crippen LogP contribution < -0.4 is 0 Å². The molecule has 0 aliphatic rings. The van der Waals surface area contributed by atoms with Crippen molar-refractivity contribution in [2.24, 2.45) is 0 Å². The molecule has 0 unspecified atom stereocenters. The molecule has 4 heteroatoms. The van der Waals surface area contributed by atoms with Gasteiger partial charge in [0.15, 0.2) is 0 Å². The molecular weight excluding hydrogens is 168 g/mol. The smallest absolute Gasteiger partial charge is 0.384 e. The third-order valence-electron chi connectivity index (χ3n) is 1.14. The molecule has 0 fully saturated rings. The minimum Gasteiger partial charge on any atom is -0.456 e. The molecule has 0 atom stereocenters. The second-order valence-electron chi connectivity index (χ2n) is 2.10. The Kier molecular flexibility index (Phi) is 3.45. The van der Waals surface area contributed by atoms with Crippen LogP contribution in [0.4, 0.5) is 0 Å². The van der Waals surface area contributed by atoms with Crippen LogP contribution in [-0.4, -0.2) is 22.5 Å². The summed E-state index contributed by atoms with van der Waals surface area (Å²) in [4.78, 5) is 18.3. The van der Waals surface area contributed by atoms with Crippen LogP contribution in [0, 0.1) is 11.8 Å². The van der Waals surface area contributed by atoms with Gasteiger partial charge in [-0.1, -0.05) is 5.92 Å². The summed E-state index contributed by atoms with van der Waals surface area (Å²) in [6.07, 6.45) is 4.45. The van der Waals surface area contributed by atoms with Crippen LogP contribution in [0.2, 0.25) is 0 Å². The first kappa shape index (κ1) is 9.20. The number of carbonyl (C=O) groups is 1. The van der Waals surface area contributed by atoms with Crippen LogP contribution in [0.3, 0.4) is 0 Å². The van der Waals surface area contributed by atoms with Gasteiger partial charge in [-0.25, -0.2) is 14.8 Å². The molecule has 0 aromatic carbocycles. The number of rotatable bonds is 1. The lowest BCUT2D eigenvalue weighted by Gasteiger charge is -1.90. The fraction of sp³-hybridized carbons (Fsp3) is 0.222. The van der Waals surface area contributed by atoms with E-state index in [9.17, 15) is 4.79 Å². The molecule has 0 spiro atoms. The third-order valence-corrected chi connectivity index (χ3v) is 1.14. The molecule has 0 saturated heterocycles. The highest BCUT2D eigenvalue weighted by Gasteiger charge is 1.92. The maximum Gasteiger partial charge on any atom is 0.384 e. The van der Waals surface area contributed by atoms with Crippen molar-refractivity contribution in [3.63, 3.8) is 0 Å². The Balaban J connectivity index is 2.62. The lowest BCUT2D eigenvalue weighted by atomic mass is 10.3. The SMILES string of the molecule is CCOC(=O)C#Cc1cncnc1. The van der Waals surface area contributed by atoms with Gasteiger partial charge in [0.25, 0.3) is 0 Å². The van der Waals surface area contributed by atoms with Crippen LogP contribution in [0.5, 0.6) is 0 Å². The van der Waals surface area contributed by atoms with E-state index in [1.54, 1.807) is 6.92 Å². The van der Waals surface area contributed by atoms with Gasteiger partial charge in [0.1, 0.15) is 6.33 Å². The number of hydrogen-bond acceptors (Lipinski definition) is 4. The topological polar surface area (TPSA) is 52.1 Å². The number of nitrogens with zero attached hydrogens (tertiary/aromatic N) is 2. The van der Waals surface area contributed by atoms with Crippen molar-refractivity contribution in [3.05, 3.63) is 24.3 Å². The fourth-order valence-corrected chi connectivity index (χ4v) is 0.654. The average molecular weight is 176 g/mol. The quantitative estimate of drug-likeness (QED) is 0.459. The van der Waals surface area contributed by atoms with Crippen molar-refractivity contribution in [1.29, 1.82) is 0 Å². The fourth-order valence-electron chi connectivity index (χ4n) is 0.654. The molecule has 66 valence electrons. The summed E-state index contributed by atoms with van der Waals surface area (Å²) < 4.78 is 4.61. The zero-order valence-electron chi connectivity index (χ0n) is 7.15. The van der Waals surface area contributed by atoms with Crippen molar-refractivity contribution < 1.29 is 9.53 Å². The van der Waals surface area contributed by atoms with E-state index in [1.165, 1.54) is 18.7 Å². The maximum absolute atomic E-state index is 10.8. The van der Waals surface area contributed by atoms with E-state index in [4.69, 9.17) is 0 Å². The van der Waals surface area contributed by atoms with Crippen LogP contribution in [0.1, 0.15) is 12.5 Å². The van der Waals surface area contributed by atoms with Gasteiger partial charge in [0, 0.05) is 18.3 Å². The van der Waals surface area contributed by atoms with Crippen LogP contribution in [0.25, 0.3) is 0 Å². The first-order chi connectivity index (χ1) is 6.33. The molecule has 1 aromatic heterocycles. The average Bonchev–Trinajstić information content (AvgIpc) is 2.17. The molecule has 0 aliphatic carbocycles. The van der Waals surface area contributed by atoms with Gasteiger partial charge < -0.3 is 4.74 Å². The molecule has 1 rings (SSSR count). The van der Waals surface area contributed by atoms with Gasteiger partial charge >= 0.3 is 5.97 Å². The van der Waals surface area contributed by atoms with Gasteiger partial charge in [0.2, 0.25) is 0 Å². The molecule has 1 heterocycles. The normalized spacial score (nSPS) is 8.38. The predicted octanol–water partition coefficient (Wildman–Crippen LogP) is 0.391. The Morgan fingerprint density at radius 1 is 1.54 bits per heavy atom. The second kappa shape index (κ2) is 4.88. The molecule has 0 amide bonds. The van der Waals surface area contributed by atoms with Crippen molar-refractivity contribution in [2.75, 3.05) is 6.61 Å². The Hall–Kier alpha value is -1.89. The molecular formula is C9H8N2O2. The highest BCUT2D eigenvalue weighted by atomic mass is 16.5. The zero-order valence-corrected chi connectivity index (χ0v) is 7.15. The van der Waals surface area contributed by atoms with E-state index in [0.717, 1.165) is 0 Å². The Morgan fingerprint density at radius 3 is 2.85 bits per heavy atom. The summed E-state index contributed by atoms with van der Waals surface area (Å²) in [5.41, 5.74) is 0.593. The van der Waals surface area contributed by atoms with Crippen LogP contribution >= 0.6 is 0 Å². The lowest BCUT2D eigenvalue weighted by molar-refractivity contribution is -0.136. The van der Waals surface area contributed by atoms with E-state index >= 15 is 0 Å². The summed E-state index contributed by atoms with van der Waals surface area (Å²) in [7, 11) is 0. The summed E-state index contributed by atoms with van der Waals surface area (Å²) in [5.74, 6) is 4.35. The first-order valence-electron chi connectivity index (χ1n) is 3.76. The summed E-state index contributed by atoms with van der Waals surface area (Å²) in [6.45, 7) is 2.06. The van der Waals surface area contributed by atoms with Gasteiger partial charge in [-0.15, -0.1) is 0 Å². The van der Waals surface area contributed by atoms with Crippen LogP contribution in [-0.2, 0) is 9.53 Å². The van der Waals surface area contributed by atoms with E-state index in [-0.39, 0.29) is 0 Å². The molecule has 1 aromatic rings. The van der Waals surface area contributed by atoms with E-state index in [1.807, 2.05) is 0 Å². The molecule has 13 heavy (non-hydrogen) atoms. The highest BCUT2D eigenvalue weighted by Crippen LogP contribution is 1.88. The van der Waals surface area contributed by atoms with Gasteiger partial charge in [0.05, 0.1) is 12.2 Å². The first-order valence-corrected chi connectivity index (χ1v) is 3.76. The summed E-state index contributed by atoms with van der Waals surface area (Å²) in [5, 5.41) is 0. The van der Waals surface area contributed by atoms with Gasteiger partial charge in [-0.3, -0.25) is 0 Å². The molecule has 0 N–H and O–H groups in total. The van der Waals surface area contributed by atoms with Gasteiger partial charge in [-0.05, 0) is 6.92 Å². The molecule has 0 radical (unpaired) electrons. The number of esters is 1. The minimum atomic E-state index is -0.536. The number of ether oxygens (including phenoxy) is 1. The van der Waals surface area contributed by atoms with Gasteiger partial charge in [-0.2, -0.15) is 0 Å². The minimum absolute atomic E-state index is 0.332. The molecule has 0 aliphatic heterocycles. The number of aromatic nitrogens is 2. The number of hydrogen-bond donors (Lipinski definition) is 0. The highest BCUT2D eigenvalue weighted by molar-refractivity contribution is 5.89.